The summed E-state index contributed by atoms with van der Waals surface area (Å²) in [5.74, 6) is 1.33. The number of rotatable bonds is 9. The van der Waals surface area contributed by atoms with E-state index >= 15 is 0 Å². The van der Waals surface area contributed by atoms with Crippen LogP contribution < -0.4 is 14.8 Å². The van der Waals surface area contributed by atoms with E-state index in [4.69, 9.17) is 25.8 Å². The molecule has 1 unspecified atom stereocenters. The van der Waals surface area contributed by atoms with Crippen LogP contribution in [0.2, 0.25) is 5.02 Å². The number of nitrogens with zero attached hydrogens (tertiary/aromatic N) is 1. The maximum absolute atomic E-state index is 12.6. The molecule has 1 aliphatic rings. The van der Waals surface area contributed by atoms with Crippen LogP contribution in [0.3, 0.4) is 0 Å². The first-order chi connectivity index (χ1) is 12.9. The van der Waals surface area contributed by atoms with Gasteiger partial charge in [-0.2, -0.15) is 0 Å². The lowest BCUT2D eigenvalue weighted by Crippen LogP contribution is -2.48. The number of amides is 1. The normalized spacial score (nSPS) is 17.8. The molecule has 1 saturated heterocycles. The highest BCUT2D eigenvalue weighted by Crippen LogP contribution is 2.36. The van der Waals surface area contributed by atoms with Gasteiger partial charge in [0, 0.05) is 31.7 Å². The van der Waals surface area contributed by atoms with E-state index in [1.165, 1.54) is 7.11 Å². The van der Waals surface area contributed by atoms with Crippen molar-refractivity contribution in [2.45, 2.75) is 33.3 Å². The summed E-state index contributed by atoms with van der Waals surface area (Å²) < 4.78 is 16.7. The lowest BCUT2D eigenvalue weighted by atomic mass is 10.1. The molecule has 1 heterocycles. The molecule has 0 bridgehead atoms. The van der Waals surface area contributed by atoms with Gasteiger partial charge in [0.1, 0.15) is 0 Å². The Labute approximate surface area is 167 Å². The molecule has 0 spiro atoms. The Kier molecular flexibility index (Phi) is 8.67. The van der Waals surface area contributed by atoms with Crippen LogP contribution in [0.25, 0.3) is 0 Å². The van der Waals surface area contributed by atoms with Crippen LogP contribution in [0, 0.1) is 5.92 Å². The van der Waals surface area contributed by atoms with Crippen molar-refractivity contribution in [1.29, 1.82) is 0 Å². The number of ether oxygens (including phenoxy) is 3. The first-order valence-corrected chi connectivity index (χ1v) is 9.94. The molecule has 0 radical (unpaired) electrons. The van der Waals surface area contributed by atoms with Crippen LogP contribution in [0.15, 0.2) is 12.1 Å². The monoisotopic (exact) mass is 398 g/mol. The number of carbonyl (C=O) groups is 1. The maximum atomic E-state index is 12.6. The average molecular weight is 399 g/mol. The van der Waals surface area contributed by atoms with Crippen molar-refractivity contribution in [3.8, 4) is 11.5 Å². The Balaban J connectivity index is 1.96. The van der Waals surface area contributed by atoms with Gasteiger partial charge in [0.15, 0.2) is 11.5 Å². The Hall–Kier alpha value is -1.50. The molecule has 7 heteroatoms. The van der Waals surface area contributed by atoms with Crippen molar-refractivity contribution < 1.29 is 19.0 Å². The zero-order valence-corrected chi connectivity index (χ0v) is 17.5. The molecule has 1 amide bonds. The van der Waals surface area contributed by atoms with Gasteiger partial charge in [-0.05, 0) is 24.5 Å². The fourth-order valence-corrected chi connectivity index (χ4v) is 3.36. The number of nitrogens with one attached hydrogen (secondary N) is 1. The first kappa shape index (κ1) is 21.8. The van der Waals surface area contributed by atoms with E-state index in [2.05, 4.69) is 24.1 Å². The molecule has 1 aromatic carbocycles. The minimum absolute atomic E-state index is 0.00835. The van der Waals surface area contributed by atoms with Crippen molar-refractivity contribution in [2.75, 3.05) is 46.5 Å². The second kappa shape index (κ2) is 10.7. The molecule has 1 fully saturated rings. The third-order valence-electron chi connectivity index (χ3n) is 4.28. The van der Waals surface area contributed by atoms with Gasteiger partial charge in [-0.25, -0.2) is 0 Å². The van der Waals surface area contributed by atoms with Crippen LogP contribution in [-0.2, 0) is 4.74 Å². The van der Waals surface area contributed by atoms with Gasteiger partial charge in [-0.1, -0.05) is 32.4 Å². The molecule has 1 aromatic rings. The second-order valence-corrected chi connectivity index (χ2v) is 7.60. The van der Waals surface area contributed by atoms with Crippen molar-refractivity contribution in [3.63, 3.8) is 0 Å². The molecule has 27 heavy (non-hydrogen) atoms. The van der Waals surface area contributed by atoms with Gasteiger partial charge in [-0.3, -0.25) is 9.69 Å². The fraction of sp³-hybridized carbons (Fsp3) is 0.650. The summed E-state index contributed by atoms with van der Waals surface area (Å²) in [7, 11) is 1.53. The quantitative estimate of drug-likeness (QED) is 0.692. The van der Waals surface area contributed by atoms with Gasteiger partial charge in [-0.15, -0.1) is 0 Å². The predicted molar refractivity (Wildman–Crippen MR) is 107 cm³/mol. The van der Waals surface area contributed by atoms with E-state index in [1.54, 1.807) is 12.1 Å². The topological polar surface area (TPSA) is 60.0 Å². The van der Waals surface area contributed by atoms with Gasteiger partial charge in [0.25, 0.3) is 5.91 Å². The van der Waals surface area contributed by atoms with Crippen molar-refractivity contribution in [1.82, 2.24) is 10.2 Å². The van der Waals surface area contributed by atoms with Crippen LogP contribution in [-0.4, -0.2) is 63.4 Å². The Bertz CT molecular complexity index is 624. The third-order valence-corrected chi connectivity index (χ3v) is 4.56. The van der Waals surface area contributed by atoms with Gasteiger partial charge >= 0.3 is 0 Å². The Morgan fingerprint density at radius 2 is 2.22 bits per heavy atom. The number of carbonyl (C=O) groups excluding carboxylic acids is 1. The van der Waals surface area contributed by atoms with Gasteiger partial charge in [0.05, 0.1) is 31.5 Å². The third kappa shape index (κ3) is 6.55. The van der Waals surface area contributed by atoms with Crippen molar-refractivity contribution in [3.05, 3.63) is 22.7 Å². The van der Waals surface area contributed by atoms with Crippen LogP contribution in [0.1, 0.15) is 37.6 Å². The fourth-order valence-electron chi connectivity index (χ4n) is 3.09. The molecule has 0 aromatic heterocycles. The number of methoxy groups -OCH3 is 1. The van der Waals surface area contributed by atoms with E-state index < -0.39 is 0 Å². The first-order valence-electron chi connectivity index (χ1n) is 9.57. The number of morpholine rings is 1. The molecule has 1 N–H and O–H groups in total. The van der Waals surface area contributed by atoms with E-state index in [1.807, 2.05) is 6.92 Å². The highest BCUT2D eigenvalue weighted by atomic mass is 35.5. The summed E-state index contributed by atoms with van der Waals surface area (Å²) in [5, 5.41) is 3.30. The molecule has 0 aliphatic carbocycles. The minimum atomic E-state index is -0.207. The van der Waals surface area contributed by atoms with E-state index in [0.717, 1.165) is 26.1 Å². The summed E-state index contributed by atoms with van der Waals surface area (Å²) >= 11 is 6.29. The number of benzene rings is 1. The summed E-state index contributed by atoms with van der Waals surface area (Å²) in [4.78, 5) is 14.9. The molecule has 1 atom stereocenters. The molecule has 6 nitrogen and oxygen atoms in total. The number of hydrogen-bond acceptors (Lipinski definition) is 5. The highest BCUT2D eigenvalue weighted by molar-refractivity contribution is 6.32. The van der Waals surface area contributed by atoms with Crippen LogP contribution >= 0.6 is 11.6 Å². The maximum Gasteiger partial charge on any atom is 0.251 e. The molecule has 1 aliphatic heterocycles. The SMILES string of the molecule is CCCOc1c(Cl)cc(C(=O)NCC2CN(CC(C)C)CCO2)cc1OC. The van der Waals surface area contributed by atoms with E-state index in [9.17, 15) is 4.79 Å². The number of halogens is 1. The van der Waals surface area contributed by atoms with Gasteiger partial charge in [0.2, 0.25) is 0 Å². The zero-order chi connectivity index (χ0) is 19.8. The molecule has 2 rings (SSSR count). The van der Waals surface area contributed by atoms with E-state index in [0.29, 0.717) is 47.8 Å². The smallest absolute Gasteiger partial charge is 0.251 e. The second-order valence-electron chi connectivity index (χ2n) is 7.19. The molecular weight excluding hydrogens is 368 g/mol. The van der Waals surface area contributed by atoms with Crippen molar-refractivity contribution >= 4 is 17.5 Å². The molecule has 152 valence electrons. The average Bonchev–Trinajstić information content (AvgIpc) is 2.64. The lowest BCUT2D eigenvalue weighted by molar-refractivity contribution is -0.0295. The standard InChI is InChI=1S/C20H31ClN2O4/c1-5-7-27-19-17(21)9-15(10-18(19)25-4)20(24)22-11-16-13-23(6-8-26-16)12-14(2)3/h9-10,14,16H,5-8,11-13H2,1-4H3,(H,22,24). The largest absolute Gasteiger partial charge is 0.493 e. The Morgan fingerprint density at radius 1 is 1.44 bits per heavy atom. The number of hydrogen-bond donors (Lipinski definition) is 1. The summed E-state index contributed by atoms with van der Waals surface area (Å²) in [6.45, 7) is 10.9. The molecule has 0 saturated carbocycles. The highest BCUT2D eigenvalue weighted by Gasteiger charge is 2.22. The van der Waals surface area contributed by atoms with Crippen LogP contribution in [0.4, 0.5) is 0 Å². The van der Waals surface area contributed by atoms with Crippen LogP contribution in [0.5, 0.6) is 11.5 Å². The summed E-state index contributed by atoms with van der Waals surface area (Å²) in [6, 6.07) is 3.26. The Morgan fingerprint density at radius 3 is 2.89 bits per heavy atom. The van der Waals surface area contributed by atoms with Gasteiger partial charge < -0.3 is 19.5 Å². The molecular formula is C20H31ClN2O4. The van der Waals surface area contributed by atoms with E-state index in [-0.39, 0.29) is 12.0 Å². The lowest BCUT2D eigenvalue weighted by Gasteiger charge is -2.33. The summed E-state index contributed by atoms with van der Waals surface area (Å²) in [5.41, 5.74) is 0.440. The summed E-state index contributed by atoms with van der Waals surface area (Å²) in [6.07, 6.45) is 0.850. The predicted octanol–water partition coefficient (Wildman–Crippen LogP) is 3.22. The zero-order valence-electron chi connectivity index (χ0n) is 16.7. The minimum Gasteiger partial charge on any atom is -0.493 e. The van der Waals surface area contributed by atoms with Crippen molar-refractivity contribution in [2.24, 2.45) is 5.92 Å².